The van der Waals surface area contributed by atoms with Crippen molar-refractivity contribution in [1.82, 2.24) is 19.9 Å². The van der Waals surface area contributed by atoms with Gasteiger partial charge in [-0.3, -0.25) is 4.79 Å². The van der Waals surface area contributed by atoms with E-state index in [0.717, 1.165) is 46.4 Å². The molecule has 0 saturated heterocycles. The van der Waals surface area contributed by atoms with Gasteiger partial charge in [0.2, 0.25) is 5.91 Å². The molecular formula is C26H28N6O2S. The molecule has 8 nitrogen and oxygen atoms in total. The van der Waals surface area contributed by atoms with Crippen LogP contribution in [0.4, 0.5) is 17.2 Å². The maximum atomic E-state index is 12.1. The number of fused-ring (bicyclic) bond motifs is 1. The molecule has 2 aromatic carbocycles. The number of methoxy groups -OCH3 is 1. The predicted molar refractivity (Wildman–Crippen MR) is 143 cm³/mol. The summed E-state index contributed by atoms with van der Waals surface area (Å²) in [5.74, 6) is 1.00. The molecular weight excluding hydrogens is 460 g/mol. The lowest BCUT2D eigenvalue weighted by molar-refractivity contribution is -0.111. The molecule has 9 heteroatoms. The van der Waals surface area contributed by atoms with Crippen LogP contribution in [0.2, 0.25) is 0 Å². The summed E-state index contributed by atoms with van der Waals surface area (Å²) in [5, 5.41) is 6.25. The first-order chi connectivity index (χ1) is 17.0. The zero-order valence-corrected chi connectivity index (χ0v) is 20.9. The number of benzene rings is 2. The fourth-order valence-corrected chi connectivity index (χ4v) is 4.43. The summed E-state index contributed by atoms with van der Waals surface area (Å²) in [5.41, 5.74) is 6.96. The smallest absolute Gasteiger partial charge is 0.247 e. The molecule has 180 valence electrons. The van der Waals surface area contributed by atoms with Crippen molar-refractivity contribution in [2.75, 3.05) is 38.4 Å². The van der Waals surface area contributed by atoms with Crippen LogP contribution in [0.15, 0.2) is 60.9 Å². The molecule has 4 aromatic rings. The number of nitrogens with one attached hydrogen (secondary N) is 2. The number of hydrogen-bond donors (Lipinski definition) is 2. The van der Waals surface area contributed by atoms with Gasteiger partial charge >= 0.3 is 0 Å². The second kappa shape index (κ2) is 11.1. The van der Waals surface area contributed by atoms with E-state index in [9.17, 15) is 4.79 Å². The summed E-state index contributed by atoms with van der Waals surface area (Å²) in [6.45, 7) is 4.51. The first-order valence-corrected chi connectivity index (χ1v) is 12.1. The van der Waals surface area contributed by atoms with E-state index in [4.69, 9.17) is 4.74 Å². The van der Waals surface area contributed by atoms with Gasteiger partial charge in [-0.2, -0.15) is 0 Å². The van der Waals surface area contributed by atoms with Crippen LogP contribution in [0.1, 0.15) is 12.0 Å². The molecule has 0 fully saturated rings. The topological polar surface area (TPSA) is 92.3 Å². The van der Waals surface area contributed by atoms with Crippen molar-refractivity contribution in [3.8, 4) is 17.0 Å². The monoisotopic (exact) mass is 488 g/mol. The predicted octanol–water partition coefficient (Wildman–Crippen LogP) is 5.12. The van der Waals surface area contributed by atoms with Gasteiger partial charge in [0.1, 0.15) is 17.9 Å². The minimum atomic E-state index is -0.266. The lowest BCUT2D eigenvalue weighted by atomic mass is 10.0. The molecule has 0 aliphatic heterocycles. The fourth-order valence-electron chi connectivity index (χ4n) is 3.72. The number of nitrogens with zero attached hydrogens (tertiary/aromatic N) is 4. The highest BCUT2D eigenvalue weighted by Gasteiger charge is 2.14. The third kappa shape index (κ3) is 6.00. The van der Waals surface area contributed by atoms with Crippen molar-refractivity contribution in [3.63, 3.8) is 0 Å². The molecule has 35 heavy (non-hydrogen) atoms. The van der Waals surface area contributed by atoms with Crippen LogP contribution >= 0.6 is 11.3 Å². The van der Waals surface area contributed by atoms with E-state index in [1.165, 1.54) is 12.4 Å². The molecule has 0 spiro atoms. The Hall–Kier alpha value is -3.82. The van der Waals surface area contributed by atoms with Crippen molar-refractivity contribution in [1.29, 1.82) is 0 Å². The number of ether oxygens (including phenoxy) is 1. The van der Waals surface area contributed by atoms with Crippen molar-refractivity contribution in [2.24, 2.45) is 0 Å². The lowest BCUT2D eigenvalue weighted by Crippen LogP contribution is -2.15. The van der Waals surface area contributed by atoms with Crippen LogP contribution in [0, 0.1) is 0 Å². The molecule has 2 aromatic heterocycles. The Morgan fingerprint density at radius 3 is 2.77 bits per heavy atom. The molecule has 0 aliphatic rings. The maximum absolute atomic E-state index is 12.1. The van der Waals surface area contributed by atoms with E-state index in [0.29, 0.717) is 22.9 Å². The highest BCUT2D eigenvalue weighted by atomic mass is 32.1. The molecule has 0 atom stereocenters. The number of thiazole rings is 1. The second-order valence-corrected chi connectivity index (χ2v) is 9.14. The first kappa shape index (κ1) is 24.3. The summed E-state index contributed by atoms with van der Waals surface area (Å²) in [4.78, 5) is 27.4. The molecule has 0 saturated carbocycles. The van der Waals surface area contributed by atoms with Crippen molar-refractivity contribution in [3.05, 3.63) is 66.5 Å². The largest absolute Gasteiger partial charge is 0.495 e. The average Bonchev–Trinajstić information content (AvgIpc) is 3.33. The van der Waals surface area contributed by atoms with Crippen LogP contribution in [0.5, 0.6) is 5.75 Å². The molecule has 2 N–H and O–H groups in total. The second-order valence-electron chi connectivity index (χ2n) is 8.26. The van der Waals surface area contributed by atoms with Gasteiger partial charge in [0.25, 0.3) is 0 Å². The summed E-state index contributed by atoms with van der Waals surface area (Å²) < 4.78 is 6.77. The Morgan fingerprint density at radius 1 is 1.14 bits per heavy atom. The minimum Gasteiger partial charge on any atom is -0.495 e. The van der Waals surface area contributed by atoms with Gasteiger partial charge in [-0.25, -0.2) is 15.0 Å². The van der Waals surface area contributed by atoms with Crippen molar-refractivity contribution in [2.45, 2.75) is 12.8 Å². The molecule has 0 bridgehead atoms. The lowest BCUT2D eigenvalue weighted by Gasteiger charge is -2.18. The Bertz CT molecular complexity index is 1350. The number of hydrogen-bond acceptors (Lipinski definition) is 8. The van der Waals surface area contributed by atoms with Crippen LogP contribution in [0.3, 0.4) is 0 Å². The van der Waals surface area contributed by atoms with Gasteiger partial charge in [0.15, 0.2) is 0 Å². The van der Waals surface area contributed by atoms with Gasteiger partial charge in [-0.1, -0.05) is 12.6 Å². The summed E-state index contributed by atoms with van der Waals surface area (Å²) >= 11 is 1.59. The normalized spacial score (nSPS) is 11.0. The van der Waals surface area contributed by atoms with Crippen LogP contribution < -0.4 is 15.4 Å². The number of amides is 1. The van der Waals surface area contributed by atoms with Gasteiger partial charge in [0, 0.05) is 17.3 Å². The standard InChI is InChI=1S/C26H28N6O2S/c1-5-26(33)31-21-13-22(23(34-4)11-17(21)7-6-10-32(2)3)30-25-14-20(27-15-28-25)18-8-9-19-24(12-18)35-16-29-19/h5,8-9,11-16H,1,6-7,10H2,2-4H3,(H,31,33)(H,27,28,30). The van der Waals surface area contributed by atoms with Crippen LogP contribution in [-0.4, -0.2) is 53.5 Å². The number of carbonyl (C=O) groups excluding carboxylic acids is 1. The minimum absolute atomic E-state index is 0.266. The Kier molecular flexibility index (Phi) is 7.69. The molecule has 2 heterocycles. The van der Waals surface area contributed by atoms with Crippen molar-refractivity contribution < 1.29 is 9.53 Å². The number of carbonyl (C=O) groups is 1. The van der Waals surface area contributed by atoms with E-state index in [1.807, 2.05) is 49.9 Å². The molecule has 1 amide bonds. The SMILES string of the molecule is C=CC(=O)Nc1cc(Nc2cc(-c3ccc4ncsc4c3)ncn2)c(OC)cc1CCCN(C)C. The number of aromatic nitrogens is 3. The molecule has 4 rings (SSSR count). The van der Waals surface area contributed by atoms with Crippen LogP contribution in [-0.2, 0) is 11.2 Å². The van der Waals surface area contributed by atoms with Crippen LogP contribution in [0.25, 0.3) is 21.5 Å². The van der Waals surface area contributed by atoms with Gasteiger partial charge < -0.3 is 20.3 Å². The number of aryl methyl sites for hydroxylation is 1. The van der Waals surface area contributed by atoms with Gasteiger partial charge in [0.05, 0.1) is 34.2 Å². The quantitative estimate of drug-likeness (QED) is 0.299. The van der Waals surface area contributed by atoms with Gasteiger partial charge in [-0.05, 0) is 69.4 Å². The van der Waals surface area contributed by atoms with E-state index in [1.54, 1.807) is 18.4 Å². The Balaban J connectivity index is 1.64. The highest BCUT2D eigenvalue weighted by Crippen LogP contribution is 2.35. The highest BCUT2D eigenvalue weighted by molar-refractivity contribution is 7.16. The first-order valence-electron chi connectivity index (χ1n) is 11.2. The van der Waals surface area contributed by atoms with E-state index < -0.39 is 0 Å². The molecule has 0 radical (unpaired) electrons. The summed E-state index contributed by atoms with van der Waals surface area (Å²) in [7, 11) is 5.71. The zero-order valence-electron chi connectivity index (χ0n) is 20.0. The summed E-state index contributed by atoms with van der Waals surface area (Å²) in [6.07, 6.45) is 4.52. The third-order valence-electron chi connectivity index (χ3n) is 5.48. The van der Waals surface area contributed by atoms with E-state index >= 15 is 0 Å². The number of anilines is 3. The molecule has 0 aliphatic carbocycles. The Labute approximate surface area is 208 Å². The van der Waals surface area contributed by atoms with Crippen molar-refractivity contribution >= 4 is 44.7 Å². The zero-order chi connectivity index (χ0) is 24.8. The van der Waals surface area contributed by atoms with E-state index in [-0.39, 0.29) is 5.91 Å². The maximum Gasteiger partial charge on any atom is 0.247 e. The Morgan fingerprint density at radius 2 is 2.00 bits per heavy atom. The summed E-state index contributed by atoms with van der Waals surface area (Å²) in [6, 6.07) is 11.8. The number of rotatable bonds is 10. The average molecular weight is 489 g/mol. The van der Waals surface area contributed by atoms with E-state index in [2.05, 4.69) is 43.1 Å². The van der Waals surface area contributed by atoms with Gasteiger partial charge in [-0.15, -0.1) is 11.3 Å². The fraction of sp³-hybridized carbons (Fsp3) is 0.231. The third-order valence-corrected chi connectivity index (χ3v) is 6.27. The molecule has 0 unspecified atom stereocenters.